The molecule has 0 unspecified atom stereocenters. The molecule has 2 aromatic carbocycles. The van der Waals surface area contributed by atoms with E-state index in [1.54, 1.807) is 29.2 Å². The highest BCUT2D eigenvalue weighted by molar-refractivity contribution is 5.78. The Kier molecular flexibility index (Phi) is 5.05. The van der Waals surface area contributed by atoms with Crippen LogP contribution in [-0.4, -0.2) is 37.1 Å². The number of carbonyl (C=O) groups excluding carboxylic acids is 1. The lowest BCUT2D eigenvalue weighted by Crippen LogP contribution is -2.44. The lowest BCUT2D eigenvalue weighted by Gasteiger charge is -2.33. The van der Waals surface area contributed by atoms with Crippen molar-refractivity contribution in [1.82, 2.24) is 4.90 Å². The summed E-state index contributed by atoms with van der Waals surface area (Å²) in [5, 5.41) is 0. The minimum atomic E-state index is -0.503. The predicted octanol–water partition coefficient (Wildman–Crippen LogP) is 2.94. The van der Waals surface area contributed by atoms with Gasteiger partial charge in [-0.1, -0.05) is 24.3 Å². The van der Waals surface area contributed by atoms with Crippen LogP contribution in [0.15, 0.2) is 48.5 Å². The second-order valence-electron chi connectivity index (χ2n) is 5.47. The molecule has 2 aromatic rings. The van der Waals surface area contributed by atoms with Crippen LogP contribution >= 0.6 is 0 Å². The Labute approximate surface area is 138 Å². The van der Waals surface area contributed by atoms with E-state index in [9.17, 15) is 13.6 Å². The molecular weight excluding hydrogens is 316 g/mol. The number of morpholine rings is 1. The zero-order valence-electron chi connectivity index (χ0n) is 13.0. The molecule has 1 amide bonds. The Morgan fingerprint density at radius 3 is 2.67 bits per heavy atom. The van der Waals surface area contributed by atoms with E-state index in [4.69, 9.17) is 9.47 Å². The Morgan fingerprint density at radius 1 is 1.17 bits per heavy atom. The normalized spacial score (nSPS) is 17.6. The second kappa shape index (κ2) is 7.40. The third-order valence-corrected chi connectivity index (χ3v) is 3.85. The van der Waals surface area contributed by atoms with E-state index < -0.39 is 5.82 Å². The number of carbonyl (C=O) groups is 1. The first-order valence-electron chi connectivity index (χ1n) is 7.65. The fraction of sp³-hybridized carbons (Fsp3) is 0.278. The van der Waals surface area contributed by atoms with Crippen LogP contribution in [0, 0.1) is 11.6 Å². The summed E-state index contributed by atoms with van der Waals surface area (Å²) >= 11 is 0. The Bertz CT molecular complexity index is 706. The lowest BCUT2D eigenvalue weighted by atomic mass is 10.1. The van der Waals surface area contributed by atoms with E-state index in [1.807, 2.05) is 0 Å². The van der Waals surface area contributed by atoms with Gasteiger partial charge in [-0.05, 0) is 29.8 Å². The summed E-state index contributed by atoms with van der Waals surface area (Å²) in [5.41, 5.74) is 0.809. The number of hydrogen-bond acceptors (Lipinski definition) is 3. The smallest absolute Gasteiger partial charge is 0.260 e. The molecule has 0 spiro atoms. The Balaban J connectivity index is 1.59. The molecule has 1 heterocycles. The first-order chi connectivity index (χ1) is 11.6. The zero-order chi connectivity index (χ0) is 16.9. The molecule has 4 nitrogen and oxygen atoms in total. The second-order valence-corrected chi connectivity index (χ2v) is 5.47. The van der Waals surface area contributed by atoms with Crippen molar-refractivity contribution >= 4 is 5.91 Å². The number of hydrogen-bond donors (Lipinski definition) is 0. The number of para-hydroxylation sites is 1. The number of amides is 1. The summed E-state index contributed by atoms with van der Waals surface area (Å²) < 4.78 is 37.4. The molecule has 1 aliphatic rings. The van der Waals surface area contributed by atoms with Gasteiger partial charge in [0.25, 0.3) is 5.91 Å². The van der Waals surface area contributed by atoms with Crippen molar-refractivity contribution in [2.45, 2.75) is 6.10 Å². The Morgan fingerprint density at radius 2 is 1.92 bits per heavy atom. The third kappa shape index (κ3) is 3.89. The zero-order valence-corrected chi connectivity index (χ0v) is 13.0. The van der Waals surface area contributed by atoms with Gasteiger partial charge in [0.05, 0.1) is 13.2 Å². The quantitative estimate of drug-likeness (QED) is 0.863. The van der Waals surface area contributed by atoms with Crippen molar-refractivity contribution in [2.24, 2.45) is 0 Å². The highest BCUT2D eigenvalue weighted by Crippen LogP contribution is 2.23. The summed E-state index contributed by atoms with van der Waals surface area (Å²) in [6, 6.07) is 12.0. The number of halogens is 2. The van der Waals surface area contributed by atoms with Gasteiger partial charge in [-0.2, -0.15) is 0 Å². The van der Waals surface area contributed by atoms with Gasteiger partial charge in [-0.15, -0.1) is 0 Å². The van der Waals surface area contributed by atoms with Crippen molar-refractivity contribution in [3.63, 3.8) is 0 Å². The third-order valence-electron chi connectivity index (χ3n) is 3.85. The maximum atomic E-state index is 13.5. The molecule has 1 fully saturated rings. The molecule has 0 radical (unpaired) electrons. The molecule has 126 valence electrons. The molecule has 0 N–H and O–H groups in total. The molecule has 0 saturated carbocycles. The van der Waals surface area contributed by atoms with Crippen molar-refractivity contribution in [3.8, 4) is 5.75 Å². The molecule has 1 atom stereocenters. The lowest BCUT2D eigenvalue weighted by molar-refractivity contribution is -0.141. The maximum absolute atomic E-state index is 13.5. The number of ether oxygens (including phenoxy) is 2. The van der Waals surface area contributed by atoms with E-state index in [-0.39, 0.29) is 30.2 Å². The van der Waals surface area contributed by atoms with Crippen LogP contribution in [0.1, 0.15) is 11.7 Å². The van der Waals surface area contributed by atoms with Crippen LogP contribution < -0.4 is 4.74 Å². The van der Waals surface area contributed by atoms with E-state index in [0.717, 1.165) is 5.56 Å². The average molecular weight is 333 g/mol. The molecule has 1 aliphatic heterocycles. The fourth-order valence-electron chi connectivity index (χ4n) is 2.55. The fourth-order valence-corrected chi connectivity index (χ4v) is 2.55. The highest BCUT2D eigenvalue weighted by atomic mass is 19.1. The van der Waals surface area contributed by atoms with Crippen LogP contribution in [-0.2, 0) is 9.53 Å². The minimum Gasteiger partial charge on any atom is -0.481 e. The molecule has 6 heteroatoms. The molecule has 0 aromatic heterocycles. The summed E-state index contributed by atoms with van der Waals surface area (Å²) in [5.74, 6) is -1.01. The van der Waals surface area contributed by atoms with Crippen molar-refractivity contribution in [3.05, 3.63) is 65.7 Å². The molecular formula is C18H17F2NO3. The molecule has 3 rings (SSSR count). The molecule has 0 bridgehead atoms. The van der Waals surface area contributed by atoms with Crippen molar-refractivity contribution in [2.75, 3.05) is 26.3 Å². The summed E-state index contributed by atoms with van der Waals surface area (Å²) in [7, 11) is 0. The van der Waals surface area contributed by atoms with Crippen molar-refractivity contribution in [1.29, 1.82) is 0 Å². The highest BCUT2D eigenvalue weighted by Gasteiger charge is 2.25. The van der Waals surface area contributed by atoms with Crippen LogP contribution in [0.5, 0.6) is 5.75 Å². The van der Waals surface area contributed by atoms with Crippen molar-refractivity contribution < 1.29 is 23.0 Å². The van der Waals surface area contributed by atoms with E-state index in [0.29, 0.717) is 19.7 Å². The summed E-state index contributed by atoms with van der Waals surface area (Å²) in [6.07, 6.45) is -0.309. The number of rotatable bonds is 4. The number of nitrogens with zero attached hydrogens (tertiary/aromatic N) is 1. The SMILES string of the molecule is O=C(COc1ccccc1F)N1CCO[C@H](c2ccc(F)cc2)C1. The van der Waals surface area contributed by atoms with E-state index in [1.165, 1.54) is 24.3 Å². The topological polar surface area (TPSA) is 38.8 Å². The van der Waals surface area contributed by atoms with Gasteiger partial charge in [0.15, 0.2) is 18.2 Å². The first-order valence-corrected chi connectivity index (χ1v) is 7.65. The van der Waals surface area contributed by atoms with Crippen LogP contribution in [0.2, 0.25) is 0 Å². The van der Waals surface area contributed by atoms with Gasteiger partial charge in [0.1, 0.15) is 11.9 Å². The predicted molar refractivity (Wildman–Crippen MR) is 83.6 cm³/mol. The van der Waals surface area contributed by atoms with Crippen LogP contribution in [0.4, 0.5) is 8.78 Å². The van der Waals surface area contributed by atoms with Gasteiger partial charge in [0, 0.05) is 6.54 Å². The first kappa shape index (κ1) is 16.4. The Hall–Kier alpha value is -2.47. The van der Waals surface area contributed by atoms with Gasteiger partial charge in [-0.25, -0.2) is 8.78 Å². The van der Waals surface area contributed by atoms with E-state index in [2.05, 4.69) is 0 Å². The minimum absolute atomic E-state index is 0.0502. The molecule has 0 aliphatic carbocycles. The van der Waals surface area contributed by atoms with E-state index >= 15 is 0 Å². The van der Waals surface area contributed by atoms with Crippen LogP contribution in [0.3, 0.4) is 0 Å². The van der Waals surface area contributed by atoms with Gasteiger partial charge in [0.2, 0.25) is 0 Å². The molecule has 24 heavy (non-hydrogen) atoms. The monoisotopic (exact) mass is 333 g/mol. The van der Waals surface area contributed by atoms with Gasteiger partial charge in [-0.3, -0.25) is 4.79 Å². The average Bonchev–Trinajstić information content (AvgIpc) is 2.61. The standard InChI is InChI=1S/C18H17F2NO3/c19-14-7-5-13(6-8-14)17-11-21(9-10-23-17)18(22)12-24-16-4-2-1-3-15(16)20/h1-8,17H,9-12H2/t17-/m0/s1. The summed E-state index contributed by atoms with van der Waals surface area (Å²) in [6.45, 7) is 0.937. The van der Waals surface area contributed by atoms with Crippen LogP contribution in [0.25, 0.3) is 0 Å². The summed E-state index contributed by atoms with van der Waals surface area (Å²) in [4.78, 5) is 13.9. The number of benzene rings is 2. The van der Waals surface area contributed by atoms with Gasteiger partial charge >= 0.3 is 0 Å². The molecule has 1 saturated heterocycles. The maximum Gasteiger partial charge on any atom is 0.260 e. The largest absolute Gasteiger partial charge is 0.481 e. The van der Waals surface area contributed by atoms with Gasteiger partial charge < -0.3 is 14.4 Å².